The van der Waals surface area contributed by atoms with Gasteiger partial charge in [-0.15, -0.1) is 0 Å². The zero-order valence-corrected chi connectivity index (χ0v) is 17.8. The van der Waals surface area contributed by atoms with E-state index in [1.54, 1.807) is 29.0 Å². The number of rotatable bonds is 7. The van der Waals surface area contributed by atoms with Gasteiger partial charge in [0.25, 0.3) is 5.56 Å². The Labute approximate surface area is 179 Å². The van der Waals surface area contributed by atoms with Crippen molar-refractivity contribution in [3.8, 4) is 5.69 Å². The fourth-order valence-electron chi connectivity index (χ4n) is 3.34. The second kappa shape index (κ2) is 8.71. The molecule has 0 aliphatic rings. The Bertz CT molecular complexity index is 1230. The minimum Gasteiger partial charge on any atom is -0.359 e. The Morgan fingerprint density at radius 2 is 1.87 bits per heavy atom. The number of fused-ring (bicyclic) bond motifs is 1. The minimum absolute atomic E-state index is 0.0360. The number of ketones is 1. The molecule has 0 saturated carbocycles. The monoisotopic (exact) mass is 417 g/mol. The minimum atomic E-state index is -0.133. The molecule has 5 nitrogen and oxygen atoms in total. The van der Waals surface area contributed by atoms with Crippen molar-refractivity contribution in [2.24, 2.45) is 0 Å². The number of H-pyrrole nitrogens is 1. The van der Waals surface area contributed by atoms with Gasteiger partial charge in [0.15, 0.2) is 10.9 Å². The number of nitrogens with zero attached hydrogens (tertiary/aromatic N) is 2. The van der Waals surface area contributed by atoms with Gasteiger partial charge in [0, 0.05) is 6.20 Å². The van der Waals surface area contributed by atoms with Gasteiger partial charge in [0.2, 0.25) is 0 Å². The van der Waals surface area contributed by atoms with E-state index >= 15 is 0 Å². The van der Waals surface area contributed by atoms with Crippen molar-refractivity contribution in [1.29, 1.82) is 0 Å². The van der Waals surface area contributed by atoms with E-state index in [-0.39, 0.29) is 17.1 Å². The molecule has 30 heavy (non-hydrogen) atoms. The number of thioether (sulfide) groups is 1. The van der Waals surface area contributed by atoms with Crippen LogP contribution < -0.4 is 5.56 Å². The number of aromatic amines is 1. The Morgan fingerprint density at radius 1 is 1.10 bits per heavy atom. The third kappa shape index (κ3) is 3.96. The van der Waals surface area contributed by atoms with Crippen molar-refractivity contribution >= 4 is 28.4 Å². The van der Waals surface area contributed by atoms with E-state index in [4.69, 9.17) is 4.98 Å². The largest absolute Gasteiger partial charge is 0.359 e. The molecule has 0 amide bonds. The molecule has 1 N–H and O–H groups in total. The molecule has 0 aliphatic heterocycles. The number of hydrogen-bond acceptors (Lipinski definition) is 4. The molecule has 0 bridgehead atoms. The lowest BCUT2D eigenvalue weighted by Gasteiger charge is -2.15. The van der Waals surface area contributed by atoms with Gasteiger partial charge in [-0.2, -0.15) is 0 Å². The van der Waals surface area contributed by atoms with Crippen LogP contribution >= 0.6 is 11.8 Å². The van der Waals surface area contributed by atoms with Crippen molar-refractivity contribution in [3.05, 3.63) is 88.5 Å². The number of nitrogens with one attached hydrogen (secondary N) is 1. The summed E-state index contributed by atoms with van der Waals surface area (Å²) in [5.74, 6) is 0.611. The quantitative estimate of drug-likeness (QED) is 0.255. The molecule has 2 aromatic heterocycles. The molecule has 0 saturated heterocycles. The van der Waals surface area contributed by atoms with E-state index in [1.807, 2.05) is 30.3 Å². The number of carbonyl (C=O) groups is 1. The van der Waals surface area contributed by atoms with E-state index in [0.717, 1.165) is 12.1 Å². The van der Waals surface area contributed by atoms with E-state index in [9.17, 15) is 9.59 Å². The first-order valence-corrected chi connectivity index (χ1v) is 11.0. The van der Waals surface area contributed by atoms with Crippen LogP contribution in [0.4, 0.5) is 0 Å². The summed E-state index contributed by atoms with van der Waals surface area (Å²) < 4.78 is 1.61. The van der Waals surface area contributed by atoms with Gasteiger partial charge in [-0.1, -0.05) is 49.9 Å². The first-order valence-electron chi connectivity index (χ1n) is 10.00. The van der Waals surface area contributed by atoms with Crippen LogP contribution in [-0.2, 0) is 0 Å². The van der Waals surface area contributed by atoms with Crippen molar-refractivity contribution in [2.45, 2.75) is 31.3 Å². The summed E-state index contributed by atoms with van der Waals surface area (Å²) in [4.78, 5) is 33.4. The first-order chi connectivity index (χ1) is 14.6. The highest BCUT2D eigenvalue weighted by molar-refractivity contribution is 7.99. The maximum Gasteiger partial charge on any atom is 0.266 e. The zero-order chi connectivity index (χ0) is 21.1. The molecule has 0 fully saturated rings. The number of aromatic nitrogens is 3. The SMILES string of the molecule is CCC(C)c1ccc(-n2c(SCC(=O)c3ccc[nH]3)nc3ccccc3c2=O)cc1. The van der Waals surface area contributed by atoms with Crippen LogP contribution in [0.15, 0.2) is 76.8 Å². The average Bonchev–Trinajstić information content (AvgIpc) is 3.32. The summed E-state index contributed by atoms with van der Waals surface area (Å²) in [6.45, 7) is 4.35. The Hall–Kier alpha value is -3.12. The molecule has 0 aliphatic carbocycles. The molecular weight excluding hydrogens is 394 g/mol. The van der Waals surface area contributed by atoms with Gasteiger partial charge in [-0.05, 0) is 54.3 Å². The predicted molar refractivity (Wildman–Crippen MR) is 122 cm³/mol. The van der Waals surface area contributed by atoms with E-state index < -0.39 is 0 Å². The molecule has 1 unspecified atom stereocenters. The topological polar surface area (TPSA) is 67.8 Å². The van der Waals surface area contributed by atoms with Gasteiger partial charge in [0.05, 0.1) is 28.0 Å². The standard InChI is InChI=1S/C24H23N3O2S/c1-3-16(2)17-10-12-18(13-11-17)27-23(29)19-7-4-5-8-20(19)26-24(27)30-15-22(28)21-9-6-14-25-21/h4-14,16,25H,3,15H2,1-2H3. The Kier molecular flexibility index (Phi) is 5.86. The smallest absolute Gasteiger partial charge is 0.266 e. The molecular formula is C24H23N3O2S. The summed E-state index contributed by atoms with van der Waals surface area (Å²) >= 11 is 1.27. The van der Waals surface area contributed by atoms with Crippen LogP contribution in [0.25, 0.3) is 16.6 Å². The second-order valence-corrected chi connectivity index (χ2v) is 8.19. The van der Waals surface area contributed by atoms with Crippen LogP contribution in [-0.4, -0.2) is 26.1 Å². The molecule has 1 atom stereocenters. The third-order valence-electron chi connectivity index (χ3n) is 5.31. The van der Waals surface area contributed by atoms with Crippen LogP contribution in [0.5, 0.6) is 0 Å². The third-order valence-corrected chi connectivity index (χ3v) is 6.25. The number of Topliss-reactive ketones (excluding diaryl/α,β-unsaturated/α-hetero) is 1. The fourth-order valence-corrected chi connectivity index (χ4v) is 4.23. The predicted octanol–water partition coefficient (Wildman–Crippen LogP) is 5.20. The highest BCUT2D eigenvalue weighted by Crippen LogP contribution is 2.24. The normalized spacial score (nSPS) is 12.2. The highest BCUT2D eigenvalue weighted by Gasteiger charge is 2.16. The molecule has 4 rings (SSSR count). The van der Waals surface area contributed by atoms with E-state index in [0.29, 0.717) is 27.7 Å². The maximum absolute atomic E-state index is 13.3. The second-order valence-electron chi connectivity index (χ2n) is 7.25. The Morgan fingerprint density at radius 3 is 2.57 bits per heavy atom. The number of para-hydroxylation sites is 1. The molecule has 2 aromatic carbocycles. The van der Waals surface area contributed by atoms with Gasteiger partial charge in [0.1, 0.15) is 0 Å². The van der Waals surface area contributed by atoms with Crippen LogP contribution in [0, 0.1) is 0 Å². The molecule has 4 aromatic rings. The van der Waals surface area contributed by atoms with Gasteiger partial charge >= 0.3 is 0 Å². The van der Waals surface area contributed by atoms with Gasteiger partial charge in [-0.3, -0.25) is 14.2 Å². The molecule has 0 spiro atoms. The molecule has 152 valence electrons. The lowest BCUT2D eigenvalue weighted by Crippen LogP contribution is -2.22. The number of benzene rings is 2. The number of carbonyl (C=O) groups excluding carboxylic acids is 1. The fraction of sp³-hybridized carbons (Fsp3) is 0.208. The lowest BCUT2D eigenvalue weighted by atomic mass is 9.98. The van der Waals surface area contributed by atoms with E-state index in [2.05, 4.69) is 31.0 Å². The summed E-state index contributed by atoms with van der Waals surface area (Å²) in [6, 6.07) is 18.9. The van der Waals surface area contributed by atoms with Gasteiger partial charge < -0.3 is 4.98 Å². The number of hydrogen-bond donors (Lipinski definition) is 1. The van der Waals surface area contributed by atoms with Crippen LogP contribution in [0.2, 0.25) is 0 Å². The first kappa shape index (κ1) is 20.2. The van der Waals surface area contributed by atoms with Gasteiger partial charge in [-0.25, -0.2) is 4.98 Å². The average molecular weight is 418 g/mol. The van der Waals surface area contributed by atoms with Crippen molar-refractivity contribution in [3.63, 3.8) is 0 Å². The summed E-state index contributed by atoms with van der Waals surface area (Å²) in [7, 11) is 0. The highest BCUT2D eigenvalue weighted by atomic mass is 32.2. The lowest BCUT2D eigenvalue weighted by molar-refractivity contribution is 0.101. The van der Waals surface area contributed by atoms with Crippen molar-refractivity contribution in [1.82, 2.24) is 14.5 Å². The molecule has 6 heteroatoms. The molecule has 0 radical (unpaired) electrons. The molecule has 2 heterocycles. The zero-order valence-electron chi connectivity index (χ0n) is 17.0. The maximum atomic E-state index is 13.3. The van der Waals surface area contributed by atoms with E-state index in [1.165, 1.54) is 17.3 Å². The Balaban J connectivity index is 1.76. The van der Waals surface area contributed by atoms with Crippen LogP contribution in [0.3, 0.4) is 0 Å². The van der Waals surface area contributed by atoms with Crippen molar-refractivity contribution in [2.75, 3.05) is 5.75 Å². The summed E-state index contributed by atoms with van der Waals surface area (Å²) in [5.41, 5.74) is 3.03. The summed E-state index contributed by atoms with van der Waals surface area (Å²) in [5, 5.41) is 1.07. The van der Waals surface area contributed by atoms with Crippen molar-refractivity contribution < 1.29 is 4.79 Å². The summed E-state index contributed by atoms with van der Waals surface area (Å²) in [6.07, 6.45) is 2.78. The van der Waals surface area contributed by atoms with Crippen LogP contribution in [0.1, 0.15) is 42.2 Å².